The second-order valence-electron chi connectivity index (χ2n) is 4.36. The molecule has 0 saturated heterocycles. The van der Waals surface area contributed by atoms with E-state index in [0.717, 1.165) is 12.1 Å². The van der Waals surface area contributed by atoms with Crippen molar-refractivity contribution in [3.63, 3.8) is 0 Å². The highest BCUT2D eigenvalue weighted by molar-refractivity contribution is 7.09. The molecule has 0 amide bonds. The Morgan fingerprint density at radius 3 is 2.93 bits per heavy atom. The molecule has 1 fully saturated rings. The van der Waals surface area contributed by atoms with Crippen LogP contribution in [0.1, 0.15) is 55.6 Å². The van der Waals surface area contributed by atoms with Crippen LogP contribution in [-0.4, -0.2) is 10.8 Å². The Morgan fingerprint density at radius 2 is 2.27 bits per heavy atom. The molecule has 1 aromatic heterocycles. The second-order valence-corrected chi connectivity index (χ2v) is 5.25. The Labute approximate surface area is 94.7 Å². The highest BCUT2D eigenvalue weighted by Gasteiger charge is 2.19. The first-order valence-electron chi connectivity index (χ1n) is 5.69. The lowest BCUT2D eigenvalue weighted by molar-refractivity contribution is -0.116. The van der Waals surface area contributed by atoms with Gasteiger partial charge in [-0.1, -0.05) is 12.8 Å². The molecule has 0 aromatic carbocycles. The standard InChI is InChI=1S/C12H17NOS/c1-9(14)6-7-11-8-15-12(13-11)10-4-2-3-5-10/h8,10H,2-7H2,1H3. The molecule has 15 heavy (non-hydrogen) atoms. The summed E-state index contributed by atoms with van der Waals surface area (Å²) in [5, 5.41) is 3.42. The minimum Gasteiger partial charge on any atom is -0.300 e. The minimum absolute atomic E-state index is 0.255. The van der Waals surface area contributed by atoms with Gasteiger partial charge >= 0.3 is 0 Å². The highest BCUT2D eigenvalue weighted by atomic mass is 32.1. The molecule has 0 bridgehead atoms. The molecule has 2 nitrogen and oxygen atoms in total. The fourth-order valence-corrected chi connectivity index (χ4v) is 3.13. The number of ketones is 1. The SMILES string of the molecule is CC(=O)CCc1csc(C2CCCC2)n1. The number of hydrogen-bond donors (Lipinski definition) is 0. The van der Waals surface area contributed by atoms with Gasteiger partial charge in [-0.05, 0) is 26.2 Å². The number of aromatic nitrogens is 1. The zero-order chi connectivity index (χ0) is 10.7. The van der Waals surface area contributed by atoms with E-state index < -0.39 is 0 Å². The van der Waals surface area contributed by atoms with Crippen molar-refractivity contribution in [1.82, 2.24) is 4.98 Å². The lowest BCUT2D eigenvalue weighted by Gasteiger charge is -2.02. The highest BCUT2D eigenvalue weighted by Crippen LogP contribution is 2.35. The van der Waals surface area contributed by atoms with Crippen LogP contribution in [0.3, 0.4) is 0 Å². The van der Waals surface area contributed by atoms with Crippen LogP contribution in [-0.2, 0) is 11.2 Å². The molecule has 0 unspecified atom stereocenters. The summed E-state index contributed by atoms with van der Waals surface area (Å²) >= 11 is 1.78. The molecular weight excluding hydrogens is 206 g/mol. The third-order valence-corrected chi connectivity index (χ3v) is 4.06. The van der Waals surface area contributed by atoms with Crippen LogP contribution in [0.2, 0.25) is 0 Å². The maximum atomic E-state index is 10.9. The largest absolute Gasteiger partial charge is 0.300 e. The number of carbonyl (C=O) groups excluding carboxylic acids is 1. The summed E-state index contributed by atoms with van der Waals surface area (Å²) in [5.41, 5.74) is 1.11. The van der Waals surface area contributed by atoms with Gasteiger partial charge < -0.3 is 4.79 Å². The molecule has 2 rings (SSSR count). The van der Waals surface area contributed by atoms with Crippen LogP contribution in [0.4, 0.5) is 0 Å². The number of rotatable bonds is 4. The van der Waals surface area contributed by atoms with Gasteiger partial charge in [-0.2, -0.15) is 0 Å². The fraction of sp³-hybridized carbons (Fsp3) is 0.667. The van der Waals surface area contributed by atoms with Crippen molar-refractivity contribution in [3.05, 3.63) is 16.1 Å². The zero-order valence-electron chi connectivity index (χ0n) is 9.16. The van der Waals surface area contributed by atoms with E-state index in [4.69, 9.17) is 0 Å². The summed E-state index contributed by atoms with van der Waals surface area (Å²) in [6, 6.07) is 0. The number of Topliss-reactive ketones (excluding diaryl/α,β-unsaturated/α-hetero) is 1. The molecule has 1 aromatic rings. The molecular formula is C12H17NOS. The molecule has 0 aliphatic heterocycles. The molecule has 82 valence electrons. The number of aryl methyl sites for hydroxylation is 1. The number of nitrogens with zero attached hydrogens (tertiary/aromatic N) is 1. The smallest absolute Gasteiger partial charge is 0.130 e. The van der Waals surface area contributed by atoms with Gasteiger partial charge in [-0.3, -0.25) is 0 Å². The van der Waals surface area contributed by atoms with Crippen molar-refractivity contribution in [2.24, 2.45) is 0 Å². The van der Waals surface area contributed by atoms with Gasteiger partial charge in [0.1, 0.15) is 5.78 Å². The van der Waals surface area contributed by atoms with Crippen LogP contribution in [0, 0.1) is 0 Å². The molecule has 0 atom stereocenters. The van der Waals surface area contributed by atoms with Crippen molar-refractivity contribution < 1.29 is 4.79 Å². The van der Waals surface area contributed by atoms with Crippen LogP contribution in [0.15, 0.2) is 5.38 Å². The molecule has 1 heterocycles. The molecule has 1 saturated carbocycles. The monoisotopic (exact) mass is 223 g/mol. The molecule has 0 spiro atoms. The number of thiazole rings is 1. The Bertz CT molecular complexity index is 339. The maximum Gasteiger partial charge on any atom is 0.130 e. The lowest BCUT2D eigenvalue weighted by atomic mass is 10.1. The van der Waals surface area contributed by atoms with E-state index in [9.17, 15) is 4.79 Å². The molecule has 3 heteroatoms. The Kier molecular flexibility index (Phi) is 3.52. The second kappa shape index (κ2) is 4.88. The van der Waals surface area contributed by atoms with Crippen molar-refractivity contribution in [3.8, 4) is 0 Å². The van der Waals surface area contributed by atoms with E-state index in [1.54, 1.807) is 18.3 Å². The third-order valence-electron chi connectivity index (χ3n) is 3.01. The van der Waals surface area contributed by atoms with Crippen LogP contribution in [0.5, 0.6) is 0 Å². The maximum absolute atomic E-state index is 10.9. The Morgan fingerprint density at radius 1 is 1.53 bits per heavy atom. The van der Waals surface area contributed by atoms with Crippen molar-refractivity contribution in [2.75, 3.05) is 0 Å². The minimum atomic E-state index is 0.255. The summed E-state index contributed by atoms with van der Waals surface area (Å²) < 4.78 is 0. The van der Waals surface area contributed by atoms with Gasteiger partial charge in [-0.25, -0.2) is 4.98 Å². The molecule has 0 radical (unpaired) electrons. The normalized spacial score (nSPS) is 17.1. The summed E-state index contributed by atoms with van der Waals surface area (Å²) in [5.74, 6) is 0.964. The predicted octanol–water partition coefficient (Wildman–Crippen LogP) is 3.32. The molecule has 1 aliphatic rings. The first-order valence-corrected chi connectivity index (χ1v) is 6.57. The lowest BCUT2D eigenvalue weighted by Crippen LogP contribution is -1.96. The quantitative estimate of drug-likeness (QED) is 0.783. The van der Waals surface area contributed by atoms with Crippen molar-refractivity contribution in [2.45, 2.75) is 51.4 Å². The summed E-state index contributed by atoms with van der Waals surface area (Å²) in [6.45, 7) is 1.64. The number of carbonyl (C=O) groups is 1. The van der Waals surface area contributed by atoms with E-state index in [2.05, 4.69) is 10.4 Å². The first-order chi connectivity index (χ1) is 7.25. The average Bonchev–Trinajstić information content (AvgIpc) is 2.85. The first kappa shape index (κ1) is 10.8. The van der Waals surface area contributed by atoms with E-state index in [1.165, 1.54) is 30.7 Å². The topological polar surface area (TPSA) is 30.0 Å². The predicted molar refractivity (Wildman–Crippen MR) is 62.3 cm³/mol. The van der Waals surface area contributed by atoms with Gasteiger partial charge in [0.15, 0.2) is 0 Å². The number of hydrogen-bond acceptors (Lipinski definition) is 3. The van der Waals surface area contributed by atoms with Gasteiger partial charge in [0.2, 0.25) is 0 Å². The zero-order valence-corrected chi connectivity index (χ0v) is 9.98. The molecule has 0 N–H and O–H groups in total. The van der Waals surface area contributed by atoms with E-state index in [-0.39, 0.29) is 5.78 Å². The molecule has 1 aliphatic carbocycles. The Hall–Kier alpha value is -0.700. The van der Waals surface area contributed by atoms with E-state index >= 15 is 0 Å². The van der Waals surface area contributed by atoms with Gasteiger partial charge in [-0.15, -0.1) is 11.3 Å². The third kappa shape index (κ3) is 2.88. The summed E-state index contributed by atoms with van der Waals surface area (Å²) in [7, 11) is 0. The van der Waals surface area contributed by atoms with Crippen molar-refractivity contribution in [1.29, 1.82) is 0 Å². The average molecular weight is 223 g/mol. The van der Waals surface area contributed by atoms with Crippen LogP contribution >= 0.6 is 11.3 Å². The summed E-state index contributed by atoms with van der Waals surface area (Å²) in [6.07, 6.45) is 6.77. The van der Waals surface area contributed by atoms with Gasteiger partial charge in [0, 0.05) is 17.7 Å². The van der Waals surface area contributed by atoms with Gasteiger partial charge in [0.05, 0.1) is 10.7 Å². The fourth-order valence-electron chi connectivity index (χ4n) is 2.10. The van der Waals surface area contributed by atoms with Crippen molar-refractivity contribution >= 4 is 17.1 Å². The van der Waals surface area contributed by atoms with Gasteiger partial charge in [0.25, 0.3) is 0 Å². The van der Waals surface area contributed by atoms with E-state index in [0.29, 0.717) is 12.3 Å². The van der Waals surface area contributed by atoms with Crippen LogP contribution in [0.25, 0.3) is 0 Å². The van der Waals surface area contributed by atoms with Crippen LogP contribution < -0.4 is 0 Å². The van der Waals surface area contributed by atoms with E-state index in [1.807, 2.05) is 0 Å². The Balaban J connectivity index is 1.94. The summed E-state index contributed by atoms with van der Waals surface area (Å²) in [4.78, 5) is 15.5.